The fourth-order valence-electron chi connectivity index (χ4n) is 1.74. The van der Waals surface area contributed by atoms with Gasteiger partial charge in [0.1, 0.15) is 5.78 Å². The van der Waals surface area contributed by atoms with Crippen molar-refractivity contribution in [2.24, 2.45) is 0 Å². The van der Waals surface area contributed by atoms with Crippen LogP contribution in [0, 0.1) is 25.2 Å². The Hall–Kier alpha value is -1.62. The summed E-state index contributed by atoms with van der Waals surface area (Å²) in [4.78, 5) is 11.0. The number of nitrogens with zero attached hydrogens (tertiary/aromatic N) is 1. The second-order valence-corrected chi connectivity index (χ2v) is 4.01. The van der Waals surface area contributed by atoms with Crippen LogP contribution in [0.5, 0.6) is 0 Å². The number of hydrogen-bond donors (Lipinski definition) is 0. The molecule has 0 saturated heterocycles. The summed E-state index contributed by atoms with van der Waals surface area (Å²) >= 11 is 0. The van der Waals surface area contributed by atoms with Crippen LogP contribution in [-0.2, 0) is 4.79 Å². The van der Waals surface area contributed by atoms with Crippen LogP contribution in [0.1, 0.15) is 36.0 Å². The largest absolute Gasteiger partial charge is 0.300 e. The van der Waals surface area contributed by atoms with Crippen LogP contribution in [0.2, 0.25) is 0 Å². The molecule has 15 heavy (non-hydrogen) atoms. The quantitative estimate of drug-likeness (QED) is 0.754. The second kappa shape index (κ2) is 4.75. The highest BCUT2D eigenvalue weighted by Crippen LogP contribution is 2.21. The van der Waals surface area contributed by atoms with E-state index in [4.69, 9.17) is 5.26 Å². The summed E-state index contributed by atoms with van der Waals surface area (Å²) in [7, 11) is 0. The first-order valence-corrected chi connectivity index (χ1v) is 5.00. The van der Waals surface area contributed by atoms with Gasteiger partial charge in [0.2, 0.25) is 0 Å². The SMILES string of the molecule is CC(=O)CC(C#N)c1cc(C)cc(C)c1. The van der Waals surface area contributed by atoms with E-state index in [0.29, 0.717) is 6.42 Å². The molecular formula is C13H15NO. The molecule has 1 aromatic carbocycles. The molecule has 0 aromatic heterocycles. The van der Waals surface area contributed by atoms with Crippen LogP contribution in [-0.4, -0.2) is 5.78 Å². The molecule has 0 aliphatic heterocycles. The molecule has 0 bridgehead atoms. The Morgan fingerprint density at radius 2 is 1.87 bits per heavy atom. The first-order valence-electron chi connectivity index (χ1n) is 5.00. The van der Waals surface area contributed by atoms with Gasteiger partial charge in [0.15, 0.2) is 0 Å². The van der Waals surface area contributed by atoms with Crippen LogP contribution in [0.15, 0.2) is 18.2 Å². The first-order chi connectivity index (χ1) is 7.02. The van der Waals surface area contributed by atoms with E-state index in [1.165, 1.54) is 6.92 Å². The number of carbonyl (C=O) groups excluding carboxylic acids is 1. The molecule has 0 saturated carbocycles. The van der Waals surface area contributed by atoms with Crippen molar-refractivity contribution in [2.45, 2.75) is 33.1 Å². The van der Waals surface area contributed by atoms with Crippen molar-refractivity contribution < 1.29 is 4.79 Å². The molecule has 2 nitrogen and oxygen atoms in total. The van der Waals surface area contributed by atoms with Gasteiger partial charge >= 0.3 is 0 Å². The number of hydrogen-bond acceptors (Lipinski definition) is 2. The number of benzene rings is 1. The Balaban J connectivity index is 3.02. The predicted molar refractivity (Wildman–Crippen MR) is 59.6 cm³/mol. The smallest absolute Gasteiger partial charge is 0.131 e. The van der Waals surface area contributed by atoms with Gasteiger partial charge in [-0.3, -0.25) is 4.79 Å². The van der Waals surface area contributed by atoms with Crippen molar-refractivity contribution >= 4 is 5.78 Å². The molecule has 1 atom stereocenters. The van der Waals surface area contributed by atoms with Crippen molar-refractivity contribution in [3.63, 3.8) is 0 Å². The van der Waals surface area contributed by atoms with Crippen LogP contribution < -0.4 is 0 Å². The minimum Gasteiger partial charge on any atom is -0.300 e. The maximum Gasteiger partial charge on any atom is 0.131 e. The Bertz CT molecular complexity index is 395. The van der Waals surface area contributed by atoms with Crippen molar-refractivity contribution in [3.05, 3.63) is 34.9 Å². The molecule has 1 rings (SSSR count). The van der Waals surface area contributed by atoms with E-state index in [1.54, 1.807) is 0 Å². The van der Waals surface area contributed by atoms with Crippen molar-refractivity contribution in [3.8, 4) is 6.07 Å². The maximum absolute atomic E-state index is 11.0. The standard InChI is InChI=1S/C13H15NO/c1-9-4-10(2)6-12(5-9)13(8-14)7-11(3)15/h4-6,13H,7H2,1-3H3. The van der Waals surface area contributed by atoms with E-state index in [-0.39, 0.29) is 11.7 Å². The van der Waals surface area contributed by atoms with Crippen molar-refractivity contribution in [2.75, 3.05) is 0 Å². The van der Waals surface area contributed by atoms with E-state index in [0.717, 1.165) is 16.7 Å². The molecule has 1 aromatic rings. The monoisotopic (exact) mass is 201 g/mol. The van der Waals surface area contributed by atoms with Gasteiger partial charge in [-0.1, -0.05) is 29.3 Å². The molecule has 0 aliphatic rings. The van der Waals surface area contributed by atoms with E-state index in [2.05, 4.69) is 12.1 Å². The zero-order valence-corrected chi connectivity index (χ0v) is 9.37. The van der Waals surface area contributed by atoms with Gasteiger partial charge in [-0.15, -0.1) is 0 Å². The first kappa shape index (κ1) is 11.5. The Morgan fingerprint density at radius 3 is 2.27 bits per heavy atom. The lowest BCUT2D eigenvalue weighted by Gasteiger charge is -2.09. The zero-order valence-electron chi connectivity index (χ0n) is 9.37. The van der Waals surface area contributed by atoms with Crippen LogP contribution in [0.3, 0.4) is 0 Å². The normalized spacial score (nSPS) is 11.9. The maximum atomic E-state index is 11.0. The number of ketones is 1. The number of Topliss-reactive ketones (excluding diaryl/α,β-unsaturated/α-hetero) is 1. The van der Waals surface area contributed by atoms with Gasteiger partial charge in [-0.25, -0.2) is 0 Å². The predicted octanol–water partition coefficient (Wildman–Crippen LogP) is 2.89. The molecule has 0 radical (unpaired) electrons. The van der Waals surface area contributed by atoms with Gasteiger partial charge in [0, 0.05) is 6.42 Å². The average molecular weight is 201 g/mol. The number of carbonyl (C=O) groups is 1. The van der Waals surface area contributed by atoms with Crippen LogP contribution in [0.4, 0.5) is 0 Å². The van der Waals surface area contributed by atoms with E-state index >= 15 is 0 Å². The van der Waals surface area contributed by atoms with E-state index < -0.39 is 0 Å². The summed E-state index contributed by atoms with van der Waals surface area (Å²) in [5, 5.41) is 9.01. The summed E-state index contributed by atoms with van der Waals surface area (Å²) in [6, 6.07) is 8.20. The second-order valence-electron chi connectivity index (χ2n) is 4.01. The summed E-state index contributed by atoms with van der Waals surface area (Å²) in [6.07, 6.45) is 0.305. The van der Waals surface area contributed by atoms with Crippen LogP contribution in [0.25, 0.3) is 0 Å². The minimum atomic E-state index is -0.305. The third-order valence-electron chi connectivity index (χ3n) is 2.29. The van der Waals surface area contributed by atoms with Crippen LogP contribution >= 0.6 is 0 Å². The minimum absolute atomic E-state index is 0.0562. The number of rotatable bonds is 3. The third-order valence-corrected chi connectivity index (χ3v) is 2.29. The van der Waals surface area contributed by atoms with Gasteiger partial charge in [-0.05, 0) is 26.3 Å². The molecule has 0 heterocycles. The number of aryl methyl sites for hydroxylation is 2. The zero-order chi connectivity index (χ0) is 11.4. The molecule has 0 amide bonds. The molecule has 2 heteroatoms. The lowest BCUT2D eigenvalue weighted by Crippen LogP contribution is -2.02. The van der Waals surface area contributed by atoms with Gasteiger partial charge in [0.25, 0.3) is 0 Å². The van der Waals surface area contributed by atoms with Gasteiger partial charge < -0.3 is 0 Å². The van der Waals surface area contributed by atoms with Gasteiger partial charge in [-0.2, -0.15) is 5.26 Å². The molecule has 0 aliphatic carbocycles. The van der Waals surface area contributed by atoms with Crippen molar-refractivity contribution in [1.29, 1.82) is 5.26 Å². The topological polar surface area (TPSA) is 40.9 Å². The molecular weight excluding hydrogens is 186 g/mol. The Morgan fingerprint density at radius 1 is 1.33 bits per heavy atom. The molecule has 0 spiro atoms. The summed E-state index contributed by atoms with van der Waals surface area (Å²) in [5.74, 6) is -0.248. The lowest BCUT2D eigenvalue weighted by molar-refractivity contribution is -0.117. The lowest BCUT2D eigenvalue weighted by atomic mass is 9.93. The third kappa shape index (κ3) is 3.21. The molecule has 0 fully saturated rings. The van der Waals surface area contributed by atoms with E-state index in [1.807, 2.05) is 26.0 Å². The summed E-state index contributed by atoms with van der Waals surface area (Å²) in [6.45, 7) is 5.52. The summed E-state index contributed by atoms with van der Waals surface area (Å²) < 4.78 is 0. The average Bonchev–Trinajstić information content (AvgIpc) is 2.12. The molecule has 1 unspecified atom stereocenters. The highest BCUT2D eigenvalue weighted by Gasteiger charge is 2.13. The molecule has 78 valence electrons. The fraction of sp³-hybridized carbons (Fsp3) is 0.385. The summed E-state index contributed by atoms with van der Waals surface area (Å²) in [5.41, 5.74) is 3.22. The Kier molecular flexibility index (Phi) is 3.62. The Labute approximate surface area is 90.5 Å². The van der Waals surface area contributed by atoms with Crippen molar-refractivity contribution in [1.82, 2.24) is 0 Å². The highest BCUT2D eigenvalue weighted by molar-refractivity contribution is 5.77. The highest BCUT2D eigenvalue weighted by atomic mass is 16.1. The molecule has 0 N–H and O–H groups in total. The van der Waals surface area contributed by atoms with E-state index in [9.17, 15) is 4.79 Å². The van der Waals surface area contributed by atoms with Gasteiger partial charge in [0.05, 0.1) is 12.0 Å². The number of nitriles is 1. The fourth-order valence-corrected chi connectivity index (χ4v) is 1.74.